The first-order valence-electron chi connectivity index (χ1n) is 6.70. The first-order valence-corrected chi connectivity index (χ1v) is 6.70. The minimum absolute atomic E-state index is 0.376. The van der Waals surface area contributed by atoms with Crippen LogP contribution in [0.2, 0.25) is 0 Å². The van der Waals surface area contributed by atoms with Crippen molar-refractivity contribution in [2.75, 3.05) is 11.1 Å². The van der Waals surface area contributed by atoms with Gasteiger partial charge in [-0.1, -0.05) is 12.8 Å². The second-order valence-electron chi connectivity index (χ2n) is 5.98. The number of nitrogens with zero attached hydrogens (tertiary/aromatic N) is 2. The summed E-state index contributed by atoms with van der Waals surface area (Å²) < 4.78 is 7.03. The van der Waals surface area contributed by atoms with Gasteiger partial charge in [-0.15, -0.1) is 0 Å². The summed E-state index contributed by atoms with van der Waals surface area (Å²) >= 11 is 0. The molecule has 0 aromatic carbocycles. The van der Waals surface area contributed by atoms with Gasteiger partial charge in [-0.3, -0.25) is 10.00 Å². The van der Waals surface area contributed by atoms with Gasteiger partial charge in [0, 0.05) is 0 Å². The minimum Gasteiger partial charge on any atom is -0.444 e. The van der Waals surface area contributed by atoms with E-state index < -0.39 is 11.7 Å². The molecule has 1 amide bonds. The predicted molar refractivity (Wildman–Crippen MR) is 74.0 cm³/mol. The largest absolute Gasteiger partial charge is 0.444 e. The Morgan fingerprint density at radius 1 is 1.47 bits per heavy atom. The molecule has 0 bridgehead atoms. The van der Waals surface area contributed by atoms with Crippen molar-refractivity contribution in [3.8, 4) is 0 Å². The van der Waals surface area contributed by atoms with Crippen molar-refractivity contribution in [1.82, 2.24) is 9.78 Å². The van der Waals surface area contributed by atoms with E-state index in [4.69, 9.17) is 10.5 Å². The summed E-state index contributed by atoms with van der Waals surface area (Å²) in [4.78, 5) is 11.7. The lowest BCUT2D eigenvalue weighted by Crippen LogP contribution is -2.27. The molecule has 1 aromatic rings. The lowest BCUT2D eigenvalue weighted by molar-refractivity contribution is 0.0635. The van der Waals surface area contributed by atoms with Crippen molar-refractivity contribution in [2.45, 2.75) is 58.1 Å². The second kappa shape index (κ2) is 5.11. The van der Waals surface area contributed by atoms with E-state index in [0.29, 0.717) is 17.5 Å². The first kappa shape index (κ1) is 13.7. The number of nitrogen functional groups attached to an aromatic ring is 1. The Bertz CT molecular complexity index is 456. The third kappa shape index (κ3) is 3.62. The smallest absolute Gasteiger partial charge is 0.413 e. The number of anilines is 2. The average Bonchev–Trinajstić information content (AvgIpc) is 2.85. The molecule has 0 unspecified atom stereocenters. The molecule has 19 heavy (non-hydrogen) atoms. The fraction of sp³-hybridized carbons (Fsp3) is 0.692. The number of ether oxygens (including phenoxy) is 1. The van der Waals surface area contributed by atoms with Crippen LogP contribution in [-0.2, 0) is 4.74 Å². The van der Waals surface area contributed by atoms with Crippen LogP contribution in [0.4, 0.5) is 16.3 Å². The van der Waals surface area contributed by atoms with Crippen LogP contribution in [0, 0.1) is 0 Å². The fourth-order valence-electron chi connectivity index (χ4n) is 2.26. The molecular formula is C13H22N4O2. The number of rotatable bonds is 2. The Morgan fingerprint density at radius 3 is 2.68 bits per heavy atom. The molecule has 3 N–H and O–H groups in total. The standard InChI is InChI=1S/C13H22N4O2/c1-13(2,3)19-12(18)15-11-10(14)8-17(16-11)9-6-4-5-7-9/h8-9H,4-7,14H2,1-3H3,(H,15,16,18). The summed E-state index contributed by atoms with van der Waals surface area (Å²) in [6.07, 6.45) is 5.93. The van der Waals surface area contributed by atoms with Crippen LogP contribution in [-0.4, -0.2) is 21.5 Å². The number of carbonyl (C=O) groups is 1. The summed E-state index contributed by atoms with van der Waals surface area (Å²) in [6, 6.07) is 0.400. The molecule has 1 aromatic heterocycles. The summed E-state index contributed by atoms with van der Waals surface area (Å²) in [6.45, 7) is 5.44. The van der Waals surface area contributed by atoms with Gasteiger partial charge in [0.2, 0.25) is 0 Å². The van der Waals surface area contributed by atoms with Crippen LogP contribution in [0.5, 0.6) is 0 Å². The molecule has 1 aliphatic carbocycles. The van der Waals surface area contributed by atoms with Gasteiger partial charge in [0.05, 0.1) is 17.9 Å². The van der Waals surface area contributed by atoms with E-state index in [9.17, 15) is 4.79 Å². The highest BCUT2D eigenvalue weighted by molar-refractivity contribution is 5.87. The molecule has 0 atom stereocenters. The zero-order chi connectivity index (χ0) is 14.0. The van der Waals surface area contributed by atoms with Crippen molar-refractivity contribution >= 4 is 17.6 Å². The zero-order valence-electron chi connectivity index (χ0n) is 11.8. The Balaban J connectivity index is 2.02. The molecule has 1 heterocycles. The molecule has 2 rings (SSSR count). The number of aromatic nitrogens is 2. The van der Waals surface area contributed by atoms with Gasteiger partial charge in [0.25, 0.3) is 0 Å². The molecule has 1 saturated carbocycles. The maximum Gasteiger partial charge on any atom is 0.413 e. The topological polar surface area (TPSA) is 82.2 Å². The predicted octanol–water partition coefficient (Wildman–Crippen LogP) is 2.93. The SMILES string of the molecule is CC(C)(C)OC(=O)Nc1nn(C2CCCC2)cc1N. The average molecular weight is 266 g/mol. The molecule has 0 radical (unpaired) electrons. The third-order valence-corrected chi connectivity index (χ3v) is 3.08. The van der Waals surface area contributed by atoms with Gasteiger partial charge in [-0.25, -0.2) is 4.79 Å². The minimum atomic E-state index is -0.535. The van der Waals surface area contributed by atoms with Crippen molar-refractivity contribution in [2.24, 2.45) is 0 Å². The van der Waals surface area contributed by atoms with Gasteiger partial charge in [-0.05, 0) is 33.6 Å². The quantitative estimate of drug-likeness (QED) is 0.862. The van der Waals surface area contributed by atoms with Gasteiger partial charge >= 0.3 is 6.09 Å². The Kier molecular flexibility index (Phi) is 3.68. The summed E-state index contributed by atoms with van der Waals surface area (Å²) in [5.74, 6) is 0.376. The molecule has 0 spiro atoms. The molecule has 6 nitrogen and oxygen atoms in total. The molecule has 1 fully saturated rings. The Hall–Kier alpha value is -1.72. The summed E-state index contributed by atoms with van der Waals surface area (Å²) in [7, 11) is 0. The van der Waals surface area contributed by atoms with Crippen LogP contribution in [0.1, 0.15) is 52.5 Å². The van der Waals surface area contributed by atoms with Crippen LogP contribution in [0.3, 0.4) is 0 Å². The number of nitrogens with one attached hydrogen (secondary N) is 1. The molecule has 106 valence electrons. The van der Waals surface area contributed by atoms with Crippen molar-refractivity contribution in [3.63, 3.8) is 0 Å². The highest BCUT2D eigenvalue weighted by atomic mass is 16.6. The van der Waals surface area contributed by atoms with E-state index in [0.717, 1.165) is 12.8 Å². The Morgan fingerprint density at radius 2 is 2.11 bits per heavy atom. The molecular weight excluding hydrogens is 244 g/mol. The van der Waals surface area contributed by atoms with E-state index in [-0.39, 0.29) is 0 Å². The Labute approximate surface area is 113 Å². The van der Waals surface area contributed by atoms with Crippen molar-refractivity contribution < 1.29 is 9.53 Å². The first-order chi connectivity index (χ1) is 8.85. The van der Waals surface area contributed by atoms with Gasteiger partial charge in [-0.2, -0.15) is 5.10 Å². The summed E-state index contributed by atoms with van der Waals surface area (Å²) in [5, 5.41) is 6.93. The highest BCUT2D eigenvalue weighted by Gasteiger charge is 2.21. The number of amides is 1. The van der Waals surface area contributed by atoms with Crippen molar-refractivity contribution in [3.05, 3.63) is 6.20 Å². The normalized spacial score (nSPS) is 16.6. The van der Waals surface area contributed by atoms with Gasteiger partial charge in [0.1, 0.15) is 5.60 Å². The maximum atomic E-state index is 11.7. The number of nitrogens with two attached hydrogens (primary N) is 1. The van der Waals surface area contributed by atoms with Crippen LogP contribution >= 0.6 is 0 Å². The number of hydrogen-bond donors (Lipinski definition) is 2. The molecule has 0 aliphatic heterocycles. The zero-order valence-corrected chi connectivity index (χ0v) is 11.8. The van der Waals surface area contributed by atoms with E-state index >= 15 is 0 Å². The number of carbonyl (C=O) groups excluding carboxylic acids is 1. The molecule has 1 aliphatic rings. The fourth-order valence-corrected chi connectivity index (χ4v) is 2.26. The van der Waals surface area contributed by atoms with E-state index in [1.165, 1.54) is 12.8 Å². The van der Waals surface area contributed by atoms with Crippen LogP contribution < -0.4 is 11.1 Å². The lowest BCUT2D eigenvalue weighted by Gasteiger charge is -2.19. The van der Waals surface area contributed by atoms with Crippen LogP contribution in [0.25, 0.3) is 0 Å². The summed E-state index contributed by atoms with van der Waals surface area (Å²) in [5.41, 5.74) is 5.80. The molecule has 0 saturated heterocycles. The maximum absolute atomic E-state index is 11.7. The van der Waals surface area contributed by atoms with Crippen LogP contribution in [0.15, 0.2) is 6.20 Å². The van der Waals surface area contributed by atoms with Crippen molar-refractivity contribution in [1.29, 1.82) is 0 Å². The molecule has 6 heteroatoms. The second-order valence-corrected chi connectivity index (χ2v) is 5.98. The third-order valence-electron chi connectivity index (χ3n) is 3.08. The van der Waals surface area contributed by atoms with Gasteiger partial charge < -0.3 is 10.5 Å². The van der Waals surface area contributed by atoms with E-state index in [2.05, 4.69) is 10.4 Å². The number of hydrogen-bond acceptors (Lipinski definition) is 4. The highest BCUT2D eigenvalue weighted by Crippen LogP contribution is 2.31. The lowest BCUT2D eigenvalue weighted by atomic mass is 10.2. The monoisotopic (exact) mass is 266 g/mol. The van der Waals surface area contributed by atoms with E-state index in [1.54, 1.807) is 6.20 Å². The van der Waals surface area contributed by atoms with E-state index in [1.807, 2.05) is 25.5 Å². The van der Waals surface area contributed by atoms with Gasteiger partial charge in [0.15, 0.2) is 5.82 Å².